The Bertz CT molecular complexity index is 942. The highest BCUT2D eigenvalue weighted by Crippen LogP contribution is 2.17. The first-order chi connectivity index (χ1) is 12.5. The standard InChI is InChI=1S/C17H14BrN5O2S/c18-13-6-4-12(5-7-13)11-22-9-8-16(21-22)20-17(26)19-14-2-1-3-15(10-14)23(24)25/h1-10H,11H2,(H2,19,20,21,26). The number of nitro benzene ring substituents is 1. The monoisotopic (exact) mass is 431 g/mol. The predicted octanol–water partition coefficient (Wildman–Crippen LogP) is 4.41. The summed E-state index contributed by atoms with van der Waals surface area (Å²) in [6, 6.07) is 15.9. The average molecular weight is 432 g/mol. The number of benzene rings is 2. The van der Waals surface area contributed by atoms with E-state index in [1.165, 1.54) is 12.1 Å². The van der Waals surface area contributed by atoms with Gasteiger partial charge in [-0.15, -0.1) is 0 Å². The van der Waals surface area contributed by atoms with Crippen molar-refractivity contribution in [1.82, 2.24) is 9.78 Å². The van der Waals surface area contributed by atoms with Gasteiger partial charge in [0.2, 0.25) is 0 Å². The number of anilines is 2. The molecule has 7 nitrogen and oxygen atoms in total. The Labute approximate surface area is 163 Å². The second-order valence-electron chi connectivity index (χ2n) is 5.41. The number of hydrogen-bond donors (Lipinski definition) is 2. The predicted molar refractivity (Wildman–Crippen MR) is 108 cm³/mol. The van der Waals surface area contributed by atoms with Crippen LogP contribution in [0.2, 0.25) is 0 Å². The van der Waals surface area contributed by atoms with Crippen LogP contribution in [0.4, 0.5) is 17.2 Å². The minimum Gasteiger partial charge on any atom is -0.332 e. The summed E-state index contributed by atoms with van der Waals surface area (Å²) in [5.74, 6) is 0.588. The van der Waals surface area contributed by atoms with Crippen LogP contribution in [0, 0.1) is 10.1 Å². The van der Waals surface area contributed by atoms with Gasteiger partial charge in [0.1, 0.15) is 0 Å². The molecule has 0 fully saturated rings. The van der Waals surface area contributed by atoms with Crippen molar-refractivity contribution in [2.45, 2.75) is 6.54 Å². The van der Waals surface area contributed by atoms with Gasteiger partial charge in [-0.05, 0) is 36.0 Å². The fourth-order valence-electron chi connectivity index (χ4n) is 2.27. The third-order valence-corrected chi connectivity index (χ3v) is 4.19. The molecule has 3 rings (SSSR count). The minimum atomic E-state index is -0.453. The van der Waals surface area contributed by atoms with Crippen molar-refractivity contribution >= 4 is 50.5 Å². The molecule has 0 atom stereocenters. The summed E-state index contributed by atoms with van der Waals surface area (Å²) in [5, 5.41) is 21.4. The first-order valence-corrected chi connectivity index (χ1v) is 8.80. The summed E-state index contributed by atoms with van der Waals surface area (Å²) in [5.41, 5.74) is 1.66. The van der Waals surface area contributed by atoms with E-state index >= 15 is 0 Å². The van der Waals surface area contributed by atoms with Crippen molar-refractivity contribution in [2.24, 2.45) is 0 Å². The molecule has 0 amide bonds. The lowest BCUT2D eigenvalue weighted by atomic mass is 10.2. The van der Waals surface area contributed by atoms with Crippen LogP contribution in [0.3, 0.4) is 0 Å². The zero-order valence-corrected chi connectivity index (χ0v) is 15.8. The average Bonchev–Trinajstić information content (AvgIpc) is 3.04. The first-order valence-electron chi connectivity index (χ1n) is 7.60. The van der Waals surface area contributed by atoms with Gasteiger partial charge in [0.05, 0.1) is 11.5 Å². The SMILES string of the molecule is O=[N+]([O-])c1cccc(NC(=S)Nc2ccn(Cc3ccc(Br)cc3)n2)c1. The molecule has 26 heavy (non-hydrogen) atoms. The lowest BCUT2D eigenvalue weighted by Gasteiger charge is -2.08. The molecule has 0 bridgehead atoms. The second kappa shape index (κ2) is 8.07. The Morgan fingerprint density at radius 2 is 1.96 bits per heavy atom. The van der Waals surface area contributed by atoms with Crippen molar-refractivity contribution in [3.05, 3.63) is 80.9 Å². The Balaban J connectivity index is 1.60. The van der Waals surface area contributed by atoms with E-state index in [1.807, 2.05) is 30.5 Å². The maximum absolute atomic E-state index is 10.8. The molecule has 0 aliphatic carbocycles. The fraction of sp³-hybridized carbons (Fsp3) is 0.0588. The molecule has 0 aliphatic rings. The van der Waals surface area contributed by atoms with E-state index in [9.17, 15) is 10.1 Å². The Hall–Kier alpha value is -2.78. The van der Waals surface area contributed by atoms with Crippen molar-refractivity contribution in [2.75, 3.05) is 10.6 Å². The summed E-state index contributed by atoms with van der Waals surface area (Å²) < 4.78 is 2.82. The second-order valence-corrected chi connectivity index (χ2v) is 6.74. The molecular weight excluding hydrogens is 418 g/mol. The van der Waals surface area contributed by atoms with Crippen LogP contribution in [-0.4, -0.2) is 19.8 Å². The van der Waals surface area contributed by atoms with Gasteiger partial charge in [0.25, 0.3) is 5.69 Å². The van der Waals surface area contributed by atoms with E-state index in [4.69, 9.17) is 12.2 Å². The summed E-state index contributed by atoms with van der Waals surface area (Å²) in [4.78, 5) is 10.4. The molecule has 2 aromatic carbocycles. The molecule has 2 N–H and O–H groups in total. The van der Waals surface area contributed by atoms with E-state index in [-0.39, 0.29) is 5.69 Å². The molecule has 9 heteroatoms. The Morgan fingerprint density at radius 1 is 1.19 bits per heavy atom. The van der Waals surface area contributed by atoms with E-state index < -0.39 is 4.92 Å². The fourth-order valence-corrected chi connectivity index (χ4v) is 2.76. The third kappa shape index (κ3) is 4.87. The van der Waals surface area contributed by atoms with Gasteiger partial charge in [-0.1, -0.05) is 34.1 Å². The van der Waals surface area contributed by atoms with Crippen molar-refractivity contribution in [3.8, 4) is 0 Å². The number of nitro groups is 1. The lowest BCUT2D eigenvalue weighted by Crippen LogP contribution is -2.19. The van der Waals surface area contributed by atoms with Gasteiger partial charge in [0, 0.05) is 34.6 Å². The summed E-state index contributed by atoms with van der Waals surface area (Å²) in [6.45, 7) is 0.639. The van der Waals surface area contributed by atoms with Gasteiger partial charge in [-0.25, -0.2) is 0 Å². The maximum atomic E-state index is 10.8. The molecule has 0 unspecified atom stereocenters. The number of aromatic nitrogens is 2. The highest BCUT2D eigenvalue weighted by atomic mass is 79.9. The molecule has 132 valence electrons. The summed E-state index contributed by atoms with van der Waals surface area (Å²) >= 11 is 8.64. The topological polar surface area (TPSA) is 85.0 Å². The van der Waals surface area contributed by atoms with Crippen molar-refractivity contribution < 1.29 is 4.92 Å². The molecule has 0 radical (unpaired) electrons. The number of nitrogens with zero attached hydrogens (tertiary/aromatic N) is 3. The van der Waals surface area contributed by atoms with Gasteiger partial charge < -0.3 is 10.6 Å². The number of nitrogens with one attached hydrogen (secondary N) is 2. The first kappa shape index (κ1) is 18.0. The molecule has 0 saturated carbocycles. The van der Waals surface area contributed by atoms with Crippen LogP contribution >= 0.6 is 28.1 Å². The number of rotatable bonds is 5. The largest absolute Gasteiger partial charge is 0.332 e. The zero-order valence-electron chi connectivity index (χ0n) is 13.4. The molecule has 0 spiro atoms. The highest BCUT2D eigenvalue weighted by Gasteiger charge is 2.07. The van der Waals surface area contributed by atoms with Crippen LogP contribution in [0.15, 0.2) is 65.3 Å². The quantitative estimate of drug-likeness (QED) is 0.353. The van der Waals surface area contributed by atoms with E-state index in [0.29, 0.717) is 23.2 Å². The van der Waals surface area contributed by atoms with Gasteiger partial charge in [-0.2, -0.15) is 5.10 Å². The minimum absolute atomic E-state index is 0.00317. The van der Waals surface area contributed by atoms with Crippen LogP contribution in [0.1, 0.15) is 5.56 Å². The van der Waals surface area contributed by atoms with E-state index in [2.05, 4.69) is 31.7 Å². The molecular formula is C17H14BrN5O2S. The number of non-ortho nitro benzene ring substituents is 1. The molecule has 0 aliphatic heterocycles. The summed E-state index contributed by atoms with van der Waals surface area (Å²) in [7, 11) is 0. The Morgan fingerprint density at radius 3 is 2.69 bits per heavy atom. The summed E-state index contributed by atoms with van der Waals surface area (Å²) in [6.07, 6.45) is 1.85. The number of hydrogen-bond acceptors (Lipinski definition) is 4. The smallest absolute Gasteiger partial charge is 0.271 e. The molecule has 0 saturated heterocycles. The van der Waals surface area contributed by atoms with Gasteiger partial charge in [-0.3, -0.25) is 14.8 Å². The normalized spacial score (nSPS) is 10.3. The number of thiocarbonyl (C=S) groups is 1. The third-order valence-electron chi connectivity index (χ3n) is 3.45. The molecule has 1 heterocycles. The van der Waals surface area contributed by atoms with Crippen LogP contribution in [-0.2, 0) is 6.54 Å². The molecule has 1 aromatic heterocycles. The Kier molecular flexibility index (Phi) is 5.59. The van der Waals surface area contributed by atoms with E-state index in [1.54, 1.807) is 22.9 Å². The highest BCUT2D eigenvalue weighted by molar-refractivity contribution is 9.10. The number of halogens is 1. The zero-order chi connectivity index (χ0) is 18.5. The van der Waals surface area contributed by atoms with Crippen LogP contribution < -0.4 is 10.6 Å². The molecule has 3 aromatic rings. The van der Waals surface area contributed by atoms with Crippen molar-refractivity contribution in [3.63, 3.8) is 0 Å². The maximum Gasteiger partial charge on any atom is 0.271 e. The van der Waals surface area contributed by atoms with Crippen LogP contribution in [0.25, 0.3) is 0 Å². The van der Waals surface area contributed by atoms with Gasteiger partial charge >= 0.3 is 0 Å². The van der Waals surface area contributed by atoms with Crippen molar-refractivity contribution in [1.29, 1.82) is 0 Å². The van der Waals surface area contributed by atoms with Gasteiger partial charge in [0.15, 0.2) is 10.9 Å². The lowest BCUT2D eigenvalue weighted by molar-refractivity contribution is -0.384. The van der Waals surface area contributed by atoms with E-state index in [0.717, 1.165) is 10.0 Å². The van der Waals surface area contributed by atoms with Crippen LogP contribution in [0.5, 0.6) is 0 Å².